The molecule has 0 spiro atoms. The molecular formula is C20H18O3S. The van der Waals surface area contributed by atoms with Crippen molar-refractivity contribution in [3.8, 4) is 11.5 Å². The molecule has 0 unspecified atom stereocenters. The molecule has 24 heavy (non-hydrogen) atoms. The summed E-state index contributed by atoms with van der Waals surface area (Å²) in [7, 11) is 0. The minimum atomic E-state index is -0.260. The van der Waals surface area contributed by atoms with Gasteiger partial charge in [0.1, 0.15) is 11.5 Å². The summed E-state index contributed by atoms with van der Waals surface area (Å²) in [6.45, 7) is 1.94. The van der Waals surface area contributed by atoms with Crippen LogP contribution < -0.4 is 4.74 Å². The van der Waals surface area contributed by atoms with Crippen molar-refractivity contribution >= 4 is 28.5 Å². The van der Waals surface area contributed by atoms with E-state index in [1.807, 2.05) is 61.5 Å². The van der Waals surface area contributed by atoms with Gasteiger partial charge in [-0.05, 0) is 24.6 Å². The van der Waals surface area contributed by atoms with Crippen molar-refractivity contribution in [1.29, 1.82) is 0 Å². The first kappa shape index (κ1) is 16.4. The lowest BCUT2D eigenvalue weighted by Crippen LogP contribution is -2.07. The Bertz CT molecular complexity index is 859. The third-order valence-corrected chi connectivity index (χ3v) is 4.63. The molecule has 0 heterocycles. The zero-order valence-electron chi connectivity index (χ0n) is 13.4. The number of ether oxygens (including phenoxy) is 1. The van der Waals surface area contributed by atoms with E-state index >= 15 is 0 Å². The molecule has 3 aromatic carbocycles. The zero-order valence-corrected chi connectivity index (χ0v) is 14.2. The fourth-order valence-electron chi connectivity index (χ4n) is 2.46. The summed E-state index contributed by atoms with van der Waals surface area (Å²) in [5.74, 6) is 0.430. The molecule has 0 atom stereocenters. The smallest absolute Gasteiger partial charge is 0.311 e. The van der Waals surface area contributed by atoms with Crippen LogP contribution in [0.4, 0.5) is 0 Å². The molecule has 122 valence electrons. The summed E-state index contributed by atoms with van der Waals surface area (Å²) in [6.07, 6.45) is 1.11. The Balaban J connectivity index is 2.06. The van der Waals surface area contributed by atoms with E-state index in [0.29, 0.717) is 22.5 Å². The monoisotopic (exact) mass is 338 g/mol. The van der Waals surface area contributed by atoms with E-state index in [0.717, 1.165) is 16.7 Å². The first-order valence-corrected chi connectivity index (χ1v) is 8.69. The van der Waals surface area contributed by atoms with E-state index in [1.54, 1.807) is 6.07 Å². The Hall–Kier alpha value is -2.46. The third-order valence-electron chi connectivity index (χ3n) is 3.59. The number of esters is 1. The van der Waals surface area contributed by atoms with E-state index in [4.69, 9.17) is 4.74 Å². The van der Waals surface area contributed by atoms with Crippen LogP contribution in [0, 0.1) is 0 Å². The van der Waals surface area contributed by atoms with E-state index in [-0.39, 0.29) is 11.7 Å². The number of phenolic OH excluding ortho intramolecular Hbond substituents is 1. The summed E-state index contributed by atoms with van der Waals surface area (Å²) in [5, 5.41) is 12.0. The van der Waals surface area contributed by atoms with Crippen molar-refractivity contribution in [2.45, 2.75) is 29.6 Å². The fraction of sp³-hybridized carbons (Fsp3) is 0.150. The van der Waals surface area contributed by atoms with Crippen molar-refractivity contribution in [2.24, 2.45) is 0 Å². The number of fused-ring (bicyclic) bond motifs is 1. The quantitative estimate of drug-likeness (QED) is 0.499. The van der Waals surface area contributed by atoms with Gasteiger partial charge in [-0.3, -0.25) is 4.79 Å². The lowest BCUT2D eigenvalue weighted by molar-refractivity contribution is -0.134. The molecule has 0 amide bonds. The number of carbonyl (C=O) groups is 1. The molecule has 0 aliphatic rings. The predicted octanol–water partition coefficient (Wildman–Crippen LogP) is 5.40. The molecule has 0 aliphatic heterocycles. The van der Waals surface area contributed by atoms with Crippen LogP contribution in [0.25, 0.3) is 10.8 Å². The number of benzene rings is 3. The van der Waals surface area contributed by atoms with Gasteiger partial charge < -0.3 is 9.84 Å². The summed E-state index contributed by atoms with van der Waals surface area (Å²) >= 11 is 1.44. The van der Waals surface area contributed by atoms with Crippen LogP contribution in [0.1, 0.15) is 19.8 Å². The van der Waals surface area contributed by atoms with Gasteiger partial charge in [0.15, 0.2) is 0 Å². The number of carbonyl (C=O) groups excluding carboxylic acids is 1. The summed E-state index contributed by atoms with van der Waals surface area (Å²) in [5.41, 5.74) is 0. The minimum Gasteiger partial charge on any atom is -0.506 e. The molecule has 0 radical (unpaired) electrons. The second-order valence-corrected chi connectivity index (χ2v) is 6.52. The van der Waals surface area contributed by atoms with Gasteiger partial charge in [0.2, 0.25) is 0 Å². The van der Waals surface area contributed by atoms with E-state index in [2.05, 4.69) is 0 Å². The van der Waals surface area contributed by atoms with Crippen LogP contribution >= 0.6 is 11.8 Å². The molecule has 0 aromatic heterocycles. The Kier molecular flexibility index (Phi) is 5.06. The van der Waals surface area contributed by atoms with Gasteiger partial charge in [-0.25, -0.2) is 0 Å². The Morgan fingerprint density at radius 1 is 1.04 bits per heavy atom. The van der Waals surface area contributed by atoms with Crippen molar-refractivity contribution in [2.75, 3.05) is 0 Å². The Labute approximate surface area is 145 Å². The van der Waals surface area contributed by atoms with Crippen molar-refractivity contribution in [1.82, 2.24) is 0 Å². The van der Waals surface area contributed by atoms with Gasteiger partial charge in [0, 0.05) is 22.1 Å². The third kappa shape index (κ3) is 3.54. The molecule has 0 saturated carbocycles. The number of rotatable bonds is 5. The van der Waals surface area contributed by atoms with Gasteiger partial charge in [0.25, 0.3) is 0 Å². The second-order valence-electron chi connectivity index (χ2n) is 5.41. The summed E-state index contributed by atoms with van der Waals surface area (Å²) in [4.78, 5) is 13.6. The first-order chi connectivity index (χ1) is 11.7. The fourth-order valence-corrected chi connectivity index (χ4v) is 3.38. The lowest BCUT2D eigenvalue weighted by Gasteiger charge is -2.13. The molecule has 3 aromatic rings. The second kappa shape index (κ2) is 7.41. The van der Waals surface area contributed by atoms with Gasteiger partial charge >= 0.3 is 5.97 Å². The SMILES string of the molecule is CCCC(=O)Oc1cc(Sc2ccccc2)c(O)c2ccccc12. The van der Waals surface area contributed by atoms with Gasteiger partial charge in [-0.15, -0.1) is 0 Å². The number of hydrogen-bond donors (Lipinski definition) is 1. The van der Waals surface area contributed by atoms with Gasteiger partial charge in [-0.2, -0.15) is 0 Å². The Morgan fingerprint density at radius 3 is 2.42 bits per heavy atom. The topological polar surface area (TPSA) is 46.5 Å². The molecule has 3 nitrogen and oxygen atoms in total. The minimum absolute atomic E-state index is 0.203. The normalized spacial score (nSPS) is 10.7. The van der Waals surface area contributed by atoms with Crippen LogP contribution in [0.3, 0.4) is 0 Å². The number of aromatic hydroxyl groups is 1. The highest BCUT2D eigenvalue weighted by Gasteiger charge is 2.15. The molecular weight excluding hydrogens is 320 g/mol. The van der Waals surface area contributed by atoms with Crippen LogP contribution in [0.15, 0.2) is 70.5 Å². The highest BCUT2D eigenvalue weighted by atomic mass is 32.2. The van der Waals surface area contributed by atoms with Crippen molar-refractivity contribution in [3.05, 3.63) is 60.7 Å². The van der Waals surface area contributed by atoms with E-state index < -0.39 is 0 Å². The first-order valence-electron chi connectivity index (χ1n) is 7.87. The van der Waals surface area contributed by atoms with Crippen LogP contribution in [-0.2, 0) is 4.79 Å². The lowest BCUT2D eigenvalue weighted by atomic mass is 10.1. The molecule has 1 N–H and O–H groups in total. The Morgan fingerprint density at radius 2 is 1.71 bits per heavy atom. The van der Waals surface area contributed by atoms with Crippen LogP contribution in [0.2, 0.25) is 0 Å². The van der Waals surface area contributed by atoms with E-state index in [1.165, 1.54) is 11.8 Å². The maximum absolute atomic E-state index is 11.9. The highest BCUT2D eigenvalue weighted by molar-refractivity contribution is 7.99. The average molecular weight is 338 g/mol. The maximum atomic E-state index is 11.9. The maximum Gasteiger partial charge on any atom is 0.311 e. The largest absolute Gasteiger partial charge is 0.506 e. The molecule has 3 rings (SSSR count). The van der Waals surface area contributed by atoms with E-state index in [9.17, 15) is 9.90 Å². The summed E-state index contributed by atoms with van der Waals surface area (Å²) in [6, 6.07) is 18.9. The molecule has 0 fully saturated rings. The summed E-state index contributed by atoms with van der Waals surface area (Å²) < 4.78 is 5.54. The standard InChI is InChI=1S/C20H18O3S/c1-2-8-19(21)23-17-13-18(24-14-9-4-3-5-10-14)20(22)16-12-7-6-11-15(16)17/h3-7,9-13,22H,2,8H2,1H3. The molecule has 0 aliphatic carbocycles. The average Bonchev–Trinajstić information content (AvgIpc) is 2.60. The van der Waals surface area contributed by atoms with Gasteiger partial charge in [0.05, 0.1) is 4.90 Å². The van der Waals surface area contributed by atoms with Crippen LogP contribution in [0.5, 0.6) is 11.5 Å². The predicted molar refractivity (Wildman–Crippen MR) is 96.7 cm³/mol. The number of phenols is 1. The van der Waals surface area contributed by atoms with Gasteiger partial charge in [-0.1, -0.05) is 61.2 Å². The van der Waals surface area contributed by atoms with Crippen molar-refractivity contribution < 1.29 is 14.6 Å². The molecule has 0 saturated heterocycles. The number of hydrogen-bond acceptors (Lipinski definition) is 4. The van der Waals surface area contributed by atoms with Crippen molar-refractivity contribution in [3.63, 3.8) is 0 Å². The zero-order chi connectivity index (χ0) is 16.9. The molecule has 4 heteroatoms. The van der Waals surface area contributed by atoms with Crippen LogP contribution in [-0.4, -0.2) is 11.1 Å². The molecule has 0 bridgehead atoms. The highest BCUT2D eigenvalue weighted by Crippen LogP contribution is 2.43.